The monoisotopic (exact) mass is 285 g/mol. The molecule has 1 atom stereocenters. The molecule has 0 aromatic heterocycles. The molecule has 1 N–H and O–H groups in total. The van der Waals surface area contributed by atoms with Gasteiger partial charge in [-0.05, 0) is 18.8 Å². The predicted molar refractivity (Wildman–Crippen MR) is 68.8 cm³/mol. The van der Waals surface area contributed by atoms with Crippen molar-refractivity contribution >= 4 is 5.91 Å². The molecule has 1 amide bonds. The molecule has 1 unspecified atom stereocenters. The lowest BCUT2D eigenvalue weighted by Gasteiger charge is -2.22. The van der Waals surface area contributed by atoms with Crippen LogP contribution in [0.3, 0.4) is 0 Å². The molecular weight excluding hydrogens is 268 g/mol. The molecule has 1 aliphatic heterocycles. The number of amides is 1. The van der Waals surface area contributed by atoms with Crippen molar-refractivity contribution in [3.05, 3.63) is 29.3 Å². The van der Waals surface area contributed by atoms with Gasteiger partial charge in [0.1, 0.15) is 22.9 Å². The van der Waals surface area contributed by atoms with E-state index >= 15 is 0 Å². The van der Waals surface area contributed by atoms with Gasteiger partial charge in [-0.1, -0.05) is 0 Å². The van der Waals surface area contributed by atoms with Crippen molar-refractivity contribution in [2.75, 3.05) is 26.9 Å². The van der Waals surface area contributed by atoms with Crippen molar-refractivity contribution in [3.63, 3.8) is 0 Å². The lowest BCUT2D eigenvalue weighted by Crippen LogP contribution is -2.34. The molecule has 20 heavy (non-hydrogen) atoms. The Morgan fingerprint density at radius 1 is 1.45 bits per heavy atom. The highest BCUT2D eigenvalue weighted by Crippen LogP contribution is 2.20. The lowest BCUT2D eigenvalue weighted by atomic mass is 10.0. The number of hydrogen-bond acceptors (Lipinski definition) is 3. The molecule has 1 saturated heterocycles. The topological polar surface area (TPSA) is 47.6 Å². The smallest absolute Gasteiger partial charge is 0.257 e. The zero-order valence-corrected chi connectivity index (χ0v) is 11.2. The van der Waals surface area contributed by atoms with Crippen LogP contribution in [0.2, 0.25) is 0 Å². The van der Waals surface area contributed by atoms with Gasteiger partial charge in [-0.3, -0.25) is 4.79 Å². The fourth-order valence-corrected chi connectivity index (χ4v) is 2.18. The Hall–Kier alpha value is -1.69. The van der Waals surface area contributed by atoms with Crippen LogP contribution in [0.25, 0.3) is 0 Å². The minimum atomic E-state index is -0.931. The third kappa shape index (κ3) is 3.45. The highest BCUT2D eigenvalue weighted by Gasteiger charge is 2.21. The third-order valence-corrected chi connectivity index (χ3v) is 3.28. The minimum absolute atomic E-state index is 0.0391. The van der Waals surface area contributed by atoms with Crippen LogP contribution in [-0.2, 0) is 4.74 Å². The molecule has 2 rings (SSSR count). The molecule has 0 radical (unpaired) electrons. The molecule has 6 heteroatoms. The van der Waals surface area contributed by atoms with E-state index in [1.807, 2.05) is 0 Å². The molecule has 0 aliphatic carbocycles. The first-order valence-corrected chi connectivity index (χ1v) is 6.50. The molecule has 1 heterocycles. The van der Waals surface area contributed by atoms with Crippen LogP contribution >= 0.6 is 0 Å². The summed E-state index contributed by atoms with van der Waals surface area (Å²) >= 11 is 0. The van der Waals surface area contributed by atoms with Gasteiger partial charge in [-0.25, -0.2) is 8.78 Å². The molecule has 0 spiro atoms. The maximum atomic E-state index is 13.7. The van der Waals surface area contributed by atoms with Crippen LogP contribution in [0, 0.1) is 17.6 Å². The zero-order chi connectivity index (χ0) is 14.5. The van der Waals surface area contributed by atoms with Gasteiger partial charge in [-0.2, -0.15) is 0 Å². The summed E-state index contributed by atoms with van der Waals surface area (Å²) in [6, 6.07) is 1.98. The summed E-state index contributed by atoms with van der Waals surface area (Å²) in [4.78, 5) is 11.9. The second-order valence-electron chi connectivity index (χ2n) is 4.76. The Labute approximate surface area is 116 Å². The Morgan fingerprint density at radius 2 is 2.15 bits per heavy atom. The highest BCUT2D eigenvalue weighted by molar-refractivity contribution is 5.94. The molecule has 110 valence electrons. The number of benzene rings is 1. The molecule has 4 nitrogen and oxygen atoms in total. The van der Waals surface area contributed by atoms with Crippen LogP contribution in [-0.4, -0.2) is 32.8 Å². The number of rotatable bonds is 4. The summed E-state index contributed by atoms with van der Waals surface area (Å²) < 4.78 is 37.4. The average molecular weight is 285 g/mol. The normalized spacial score (nSPS) is 18.6. The van der Waals surface area contributed by atoms with E-state index in [9.17, 15) is 13.6 Å². The molecule has 1 aliphatic rings. The number of carbonyl (C=O) groups is 1. The van der Waals surface area contributed by atoms with E-state index in [4.69, 9.17) is 9.47 Å². The number of carbonyl (C=O) groups excluding carboxylic acids is 1. The fourth-order valence-electron chi connectivity index (χ4n) is 2.18. The summed E-state index contributed by atoms with van der Waals surface area (Å²) in [5.41, 5.74) is -0.581. The summed E-state index contributed by atoms with van der Waals surface area (Å²) in [5, 5.41) is 2.55. The summed E-state index contributed by atoms with van der Waals surface area (Å²) in [5.74, 6) is -2.39. The number of ether oxygens (including phenoxy) is 2. The van der Waals surface area contributed by atoms with Crippen molar-refractivity contribution in [2.24, 2.45) is 5.92 Å². The van der Waals surface area contributed by atoms with Crippen molar-refractivity contribution < 1.29 is 23.0 Å². The Bertz CT molecular complexity index is 464. The van der Waals surface area contributed by atoms with E-state index in [0.717, 1.165) is 31.6 Å². The van der Waals surface area contributed by atoms with Gasteiger partial charge in [-0.15, -0.1) is 0 Å². The summed E-state index contributed by atoms with van der Waals surface area (Å²) in [7, 11) is 1.30. The van der Waals surface area contributed by atoms with Crippen LogP contribution < -0.4 is 10.1 Å². The fraction of sp³-hybridized carbons (Fsp3) is 0.500. The standard InChI is InChI=1S/C14H17F2NO3/c1-19-10-5-11(15)13(12(16)6-10)14(18)17-7-9-3-2-4-20-8-9/h5-6,9H,2-4,7-8H2,1H3,(H,17,18). The van der Waals surface area contributed by atoms with E-state index in [1.54, 1.807) is 0 Å². The Balaban J connectivity index is 2.01. The van der Waals surface area contributed by atoms with Crippen molar-refractivity contribution in [3.8, 4) is 5.75 Å². The molecule has 1 fully saturated rings. The summed E-state index contributed by atoms with van der Waals surface area (Å²) in [6.07, 6.45) is 1.87. The molecule has 0 bridgehead atoms. The van der Waals surface area contributed by atoms with E-state index in [-0.39, 0.29) is 11.7 Å². The Kier molecular flexibility index (Phi) is 4.89. The zero-order valence-electron chi connectivity index (χ0n) is 11.2. The molecule has 0 saturated carbocycles. The third-order valence-electron chi connectivity index (χ3n) is 3.28. The quantitative estimate of drug-likeness (QED) is 0.922. The maximum absolute atomic E-state index is 13.7. The van der Waals surface area contributed by atoms with Crippen LogP contribution in [0.5, 0.6) is 5.75 Å². The first-order chi connectivity index (χ1) is 9.61. The molecule has 1 aromatic rings. The maximum Gasteiger partial charge on any atom is 0.257 e. The van der Waals surface area contributed by atoms with Gasteiger partial charge in [0.2, 0.25) is 0 Å². The second-order valence-corrected chi connectivity index (χ2v) is 4.76. The van der Waals surface area contributed by atoms with Crippen molar-refractivity contribution in [1.82, 2.24) is 5.32 Å². The number of methoxy groups -OCH3 is 1. The molecular formula is C14H17F2NO3. The Morgan fingerprint density at radius 3 is 2.70 bits per heavy atom. The van der Waals surface area contributed by atoms with E-state index in [2.05, 4.69) is 5.32 Å². The van der Waals surface area contributed by atoms with E-state index < -0.39 is 23.1 Å². The van der Waals surface area contributed by atoms with Gasteiger partial charge in [0.15, 0.2) is 0 Å². The van der Waals surface area contributed by atoms with Gasteiger partial charge in [0, 0.05) is 25.3 Å². The first kappa shape index (κ1) is 14.7. The van der Waals surface area contributed by atoms with Crippen LogP contribution in [0.1, 0.15) is 23.2 Å². The van der Waals surface area contributed by atoms with Crippen LogP contribution in [0.4, 0.5) is 8.78 Å². The van der Waals surface area contributed by atoms with Crippen molar-refractivity contribution in [2.45, 2.75) is 12.8 Å². The van der Waals surface area contributed by atoms with Gasteiger partial charge in [0.25, 0.3) is 5.91 Å². The highest BCUT2D eigenvalue weighted by atomic mass is 19.1. The predicted octanol–water partition coefficient (Wildman–Crippen LogP) is 2.13. The lowest BCUT2D eigenvalue weighted by molar-refractivity contribution is 0.0535. The SMILES string of the molecule is COc1cc(F)c(C(=O)NCC2CCCOC2)c(F)c1. The second kappa shape index (κ2) is 6.65. The number of hydrogen-bond donors (Lipinski definition) is 1. The summed E-state index contributed by atoms with van der Waals surface area (Å²) in [6.45, 7) is 1.64. The first-order valence-electron chi connectivity index (χ1n) is 6.50. The largest absolute Gasteiger partial charge is 0.497 e. The van der Waals surface area contributed by atoms with E-state index in [1.165, 1.54) is 7.11 Å². The number of halogens is 2. The van der Waals surface area contributed by atoms with Gasteiger partial charge >= 0.3 is 0 Å². The van der Waals surface area contributed by atoms with Crippen LogP contribution in [0.15, 0.2) is 12.1 Å². The van der Waals surface area contributed by atoms with Gasteiger partial charge < -0.3 is 14.8 Å². The number of nitrogens with one attached hydrogen (secondary N) is 1. The van der Waals surface area contributed by atoms with Crippen molar-refractivity contribution in [1.29, 1.82) is 0 Å². The van der Waals surface area contributed by atoms with Gasteiger partial charge in [0.05, 0.1) is 13.7 Å². The molecule has 1 aromatic carbocycles. The average Bonchev–Trinajstić information content (AvgIpc) is 2.45. The minimum Gasteiger partial charge on any atom is -0.497 e. The van der Waals surface area contributed by atoms with E-state index in [0.29, 0.717) is 13.2 Å².